The maximum Gasteiger partial charge on any atom is 0.443 e. The molecule has 0 saturated heterocycles. The van der Waals surface area contributed by atoms with Crippen molar-refractivity contribution in [2.75, 3.05) is 0 Å². The van der Waals surface area contributed by atoms with E-state index in [-0.39, 0.29) is 17.0 Å². The average Bonchev–Trinajstić information content (AvgIpc) is 2.29. The number of hydrogen-bond acceptors (Lipinski definition) is 4. The summed E-state index contributed by atoms with van der Waals surface area (Å²) in [6.07, 6.45) is -4.58. The van der Waals surface area contributed by atoms with Gasteiger partial charge >= 0.3 is 6.18 Å². The lowest BCUT2D eigenvalue weighted by Gasteiger charge is -1.99. The molecule has 0 amide bonds. The normalized spacial score (nSPS) is 13.1. The number of thiazole rings is 1. The first-order chi connectivity index (χ1) is 6.18. The molecule has 0 aromatic carbocycles. The second-order valence-corrected chi connectivity index (χ2v) is 4.68. The summed E-state index contributed by atoms with van der Waals surface area (Å²) in [6.45, 7) is 0. The van der Waals surface area contributed by atoms with Crippen LogP contribution in [0.5, 0.6) is 0 Å². The van der Waals surface area contributed by atoms with Crippen LogP contribution >= 0.6 is 11.3 Å². The Labute approximate surface area is 81.1 Å². The lowest BCUT2D eigenvalue weighted by atomic mass is 10.6. The minimum absolute atomic E-state index is 0.286. The largest absolute Gasteiger partial charge is 0.443 e. The molecule has 0 aliphatic heterocycles. The summed E-state index contributed by atoms with van der Waals surface area (Å²) < 4.78 is 64.8. The summed E-state index contributed by atoms with van der Waals surface area (Å²) in [6, 6.07) is 0. The van der Waals surface area contributed by atoms with E-state index in [0.717, 1.165) is 5.38 Å². The minimum atomic E-state index is -4.58. The Hall–Kier alpha value is -0.670. The lowest BCUT2D eigenvalue weighted by molar-refractivity contribution is -0.137. The zero-order valence-corrected chi connectivity index (χ0v) is 8.08. The van der Waals surface area contributed by atoms with Crippen LogP contribution in [0.4, 0.5) is 13.2 Å². The van der Waals surface area contributed by atoms with Crippen LogP contribution < -0.4 is 0 Å². The van der Waals surface area contributed by atoms with Gasteiger partial charge in [-0.2, -0.15) is 21.6 Å². The molecule has 14 heavy (non-hydrogen) atoms. The third-order valence-electron chi connectivity index (χ3n) is 1.12. The van der Waals surface area contributed by atoms with Crippen molar-refractivity contribution in [3.8, 4) is 0 Å². The molecule has 1 heterocycles. The number of alkyl halides is 3. The molecular formula is C5H4F3NO3S2. The van der Waals surface area contributed by atoms with E-state index >= 15 is 0 Å². The van der Waals surface area contributed by atoms with Crippen LogP contribution in [-0.4, -0.2) is 18.0 Å². The molecule has 0 spiro atoms. The Bertz CT molecular complexity index is 422. The van der Waals surface area contributed by atoms with Gasteiger partial charge < -0.3 is 0 Å². The van der Waals surface area contributed by atoms with Gasteiger partial charge in [-0.3, -0.25) is 4.55 Å². The van der Waals surface area contributed by atoms with E-state index in [2.05, 4.69) is 4.98 Å². The predicted molar refractivity (Wildman–Crippen MR) is 42.4 cm³/mol. The summed E-state index contributed by atoms with van der Waals surface area (Å²) in [5.74, 6) is -0.903. The van der Waals surface area contributed by atoms with Gasteiger partial charge in [0.25, 0.3) is 10.1 Å². The molecule has 1 aromatic heterocycles. The van der Waals surface area contributed by atoms with Crippen molar-refractivity contribution in [3.05, 3.63) is 16.1 Å². The van der Waals surface area contributed by atoms with Gasteiger partial charge in [0.2, 0.25) is 0 Å². The molecule has 0 radical (unpaired) electrons. The first-order valence-electron chi connectivity index (χ1n) is 3.15. The van der Waals surface area contributed by atoms with E-state index < -0.39 is 27.1 Å². The molecule has 0 aliphatic carbocycles. The first kappa shape index (κ1) is 11.4. The number of nitrogens with zero attached hydrogens (tertiary/aromatic N) is 1. The molecule has 0 aliphatic rings. The van der Waals surface area contributed by atoms with Crippen LogP contribution in [0.2, 0.25) is 0 Å². The molecule has 9 heteroatoms. The van der Waals surface area contributed by atoms with Crippen molar-refractivity contribution < 1.29 is 26.1 Å². The van der Waals surface area contributed by atoms with E-state index in [1.165, 1.54) is 0 Å². The van der Waals surface area contributed by atoms with Crippen LogP contribution in [-0.2, 0) is 22.0 Å². The third kappa shape index (κ3) is 3.24. The molecule has 4 nitrogen and oxygen atoms in total. The highest BCUT2D eigenvalue weighted by molar-refractivity contribution is 7.85. The second kappa shape index (κ2) is 3.48. The number of hydrogen-bond donors (Lipinski definition) is 1. The fraction of sp³-hybridized carbons (Fsp3) is 0.400. The minimum Gasteiger partial charge on any atom is -0.285 e. The van der Waals surface area contributed by atoms with E-state index in [9.17, 15) is 21.6 Å². The Balaban J connectivity index is 2.90. The van der Waals surface area contributed by atoms with Gasteiger partial charge in [0, 0.05) is 5.38 Å². The highest BCUT2D eigenvalue weighted by atomic mass is 32.2. The summed E-state index contributed by atoms with van der Waals surface area (Å²) in [7, 11) is -4.33. The quantitative estimate of drug-likeness (QED) is 0.805. The second-order valence-electron chi connectivity index (χ2n) is 2.37. The van der Waals surface area contributed by atoms with Crippen molar-refractivity contribution in [3.63, 3.8) is 0 Å². The van der Waals surface area contributed by atoms with Crippen LogP contribution in [0.3, 0.4) is 0 Å². The molecule has 1 aromatic rings. The standard InChI is InChI=1S/C5H4F3NO3S2/c6-5(7,8)4-9-3(1-13-4)2-14(10,11)12/h1H,2H2,(H,10,11,12). The van der Waals surface area contributed by atoms with Gasteiger partial charge in [0.1, 0.15) is 5.75 Å². The fourth-order valence-electron chi connectivity index (χ4n) is 0.690. The molecule has 1 rings (SSSR count). The van der Waals surface area contributed by atoms with E-state index in [1.54, 1.807) is 0 Å². The van der Waals surface area contributed by atoms with E-state index in [0.29, 0.717) is 0 Å². The SMILES string of the molecule is O=S(=O)(O)Cc1csc(C(F)(F)F)n1. The molecule has 80 valence electrons. The number of halogens is 3. The van der Waals surface area contributed by atoms with Gasteiger partial charge in [-0.05, 0) is 0 Å². The summed E-state index contributed by atoms with van der Waals surface area (Å²) in [5.41, 5.74) is -0.315. The van der Waals surface area contributed by atoms with Gasteiger partial charge in [-0.25, -0.2) is 4.98 Å². The van der Waals surface area contributed by atoms with Crippen LogP contribution in [0.1, 0.15) is 10.7 Å². The van der Waals surface area contributed by atoms with Crippen molar-refractivity contribution >= 4 is 21.5 Å². The highest BCUT2D eigenvalue weighted by Crippen LogP contribution is 2.31. The number of aromatic nitrogens is 1. The van der Waals surface area contributed by atoms with Gasteiger partial charge in [0.15, 0.2) is 5.01 Å². The third-order valence-corrected chi connectivity index (χ3v) is 2.72. The Morgan fingerprint density at radius 2 is 2.07 bits per heavy atom. The highest BCUT2D eigenvalue weighted by Gasteiger charge is 2.34. The van der Waals surface area contributed by atoms with Gasteiger partial charge in [0.05, 0.1) is 5.69 Å². The molecular weight excluding hydrogens is 243 g/mol. The Morgan fingerprint density at radius 1 is 1.50 bits per heavy atom. The van der Waals surface area contributed by atoms with E-state index in [1.807, 2.05) is 0 Å². The van der Waals surface area contributed by atoms with E-state index in [4.69, 9.17) is 4.55 Å². The van der Waals surface area contributed by atoms with Crippen molar-refractivity contribution in [2.24, 2.45) is 0 Å². The smallest absolute Gasteiger partial charge is 0.285 e. The van der Waals surface area contributed by atoms with Gasteiger partial charge in [-0.15, -0.1) is 11.3 Å². The van der Waals surface area contributed by atoms with Crippen molar-refractivity contribution in [2.45, 2.75) is 11.9 Å². The van der Waals surface area contributed by atoms with Crippen molar-refractivity contribution in [1.82, 2.24) is 4.98 Å². The lowest BCUT2D eigenvalue weighted by Crippen LogP contribution is -2.06. The molecule has 0 unspecified atom stereocenters. The monoisotopic (exact) mass is 247 g/mol. The zero-order chi connectivity index (χ0) is 11.0. The molecule has 0 bridgehead atoms. The molecule has 1 N–H and O–H groups in total. The molecule has 0 atom stereocenters. The maximum absolute atomic E-state index is 12.0. The zero-order valence-electron chi connectivity index (χ0n) is 6.45. The van der Waals surface area contributed by atoms with Crippen LogP contribution in [0.15, 0.2) is 5.38 Å². The van der Waals surface area contributed by atoms with Crippen LogP contribution in [0, 0.1) is 0 Å². The topological polar surface area (TPSA) is 67.3 Å². The summed E-state index contributed by atoms with van der Waals surface area (Å²) >= 11 is 0.286. The summed E-state index contributed by atoms with van der Waals surface area (Å²) in [4.78, 5) is 3.02. The predicted octanol–water partition coefficient (Wildman–Crippen LogP) is 1.55. The average molecular weight is 247 g/mol. The van der Waals surface area contributed by atoms with Gasteiger partial charge in [-0.1, -0.05) is 0 Å². The fourth-order valence-corrected chi connectivity index (χ4v) is 2.00. The van der Waals surface area contributed by atoms with Crippen LogP contribution in [0.25, 0.3) is 0 Å². The molecule has 0 saturated carbocycles. The maximum atomic E-state index is 12.0. The summed E-state index contributed by atoms with van der Waals surface area (Å²) in [5, 5.41) is -0.188. The number of rotatable bonds is 2. The Kier molecular flexibility index (Phi) is 2.83. The molecule has 0 fully saturated rings. The first-order valence-corrected chi connectivity index (χ1v) is 5.64. The van der Waals surface area contributed by atoms with Crippen molar-refractivity contribution in [1.29, 1.82) is 0 Å². The Morgan fingerprint density at radius 3 is 2.43 bits per heavy atom.